The summed E-state index contributed by atoms with van der Waals surface area (Å²) < 4.78 is 32.4. The summed E-state index contributed by atoms with van der Waals surface area (Å²) in [6.07, 6.45) is 3.03. The number of ether oxygens (including phenoxy) is 1. The quantitative estimate of drug-likeness (QED) is 0.825. The molecule has 1 aliphatic heterocycles. The highest BCUT2D eigenvalue weighted by Gasteiger charge is 2.42. The van der Waals surface area contributed by atoms with Gasteiger partial charge in [0.05, 0.1) is 17.8 Å². The molecule has 2 fully saturated rings. The maximum atomic E-state index is 13.4. The minimum atomic E-state index is -2.53. The summed E-state index contributed by atoms with van der Waals surface area (Å²) in [6, 6.07) is 0. The summed E-state index contributed by atoms with van der Waals surface area (Å²) in [5.41, 5.74) is -0.810. The average molecular weight is 262 g/mol. The molecule has 3 atom stereocenters. The molecular formula is C14H24F2O2. The molecule has 0 aromatic carbocycles. The molecule has 1 aliphatic carbocycles. The Morgan fingerprint density at radius 3 is 2.33 bits per heavy atom. The fourth-order valence-corrected chi connectivity index (χ4v) is 3.80. The van der Waals surface area contributed by atoms with Gasteiger partial charge < -0.3 is 9.84 Å². The van der Waals surface area contributed by atoms with Crippen LogP contribution in [0.2, 0.25) is 0 Å². The third-order valence-electron chi connectivity index (χ3n) is 4.21. The number of alkyl halides is 2. The third-order valence-corrected chi connectivity index (χ3v) is 4.21. The van der Waals surface area contributed by atoms with Gasteiger partial charge in [-0.1, -0.05) is 0 Å². The normalized spacial score (nSPS) is 44.8. The van der Waals surface area contributed by atoms with Crippen LogP contribution < -0.4 is 0 Å². The summed E-state index contributed by atoms with van der Waals surface area (Å²) in [5.74, 6) is -2.57. The van der Waals surface area contributed by atoms with Gasteiger partial charge in [-0.05, 0) is 39.0 Å². The molecule has 0 bridgehead atoms. The molecule has 4 heteroatoms. The van der Waals surface area contributed by atoms with Gasteiger partial charge in [0.15, 0.2) is 0 Å². The Labute approximate surface area is 108 Å². The highest BCUT2D eigenvalue weighted by molar-refractivity contribution is 4.91. The molecule has 2 aliphatic rings. The number of hydrogen-bond acceptors (Lipinski definition) is 2. The predicted molar refractivity (Wildman–Crippen MR) is 65.7 cm³/mol. The van der Waals surface area contributed by atoms with E-state index in [0.717, 1.165) is 6.42 Å². The smallest absolute Gasteiger partial charge is 0.248 e. The van der Waals surface area contributed by atoms with Crippen molar-refractivity contribution in [2.24, 2.45) is 5.92 Å². The van der Waals surface area contributed by atoms with E-state index in [0.29, 0.717) is 25.7 Å². The molecule has 0 aromatic rings. The van der Waals surface area contributed by atoms with E-state index in [9.17, 15) is 13.9 Å². The van der Waals surface area contributed by atoms with Gasteiger partial charge in [-0.2, -0.15) is 0 Å². The van der Waals surface area contributed by atoms with E-state index in [-0.39, 0.29) is 31.0 Å². The first-order valence-corrected chi connectivity index (χ1v) is 7.04. The van der Waals surface area contributed by atoms with Crippen molar-refractivity contribution in [2.75, 3.05) is 0 Å². The molecule has 106 valence electrons. The second-order valence-corrected chi connectivity index (χ2v) is 6.41. The number of rotatable bonds is 2. The van der Waals surface area contributed by atoms with E-state index in [2.05, 4.69) is 0 Å². The fourth-order valence-electron chi connectivity index (χ4n) is 3.80. The number of hydrogen-bond donors (Lipinski definition) is 1. The van der Waals surface area contributed by atoms with Crippen LogP contribution in [0.3, 0.4) is 0 Å². The molecule has 3 unspecified atom stereocenters. The molecule has 1 saturated carbocycles. The first-order chi connectivity index (χ1) is 8.28. The van der Waals surface area contributed by atoms with Crippen molar-refractivity contribution < 1.29 is 18.6 Å². The Kier molecular flexibility index (Phi) is 3.98. The van der Waals surface area contributed by atoms with E-state index >= 15 is 0 Å². The van der Waals surface area contributed by atoms with Crippen LogP contribution in [0.15, 0.2) is 0 Å². The summed E-state index contributed by atoms with van der Waals surface area (Å²) in [6.45, 7) is 3.88. The molecule has 1 heterocycles. The summed E-state index contributed by atoms with van der Waals surface area (Å²) >= 11 is 0. The van der Waals surface area contributed by atoms with Crippen LogP contribution in [0.5, 0.6) is 0 Å². The van der Waals surface area contributed by atoms with E-state index < -0.39 is 11.5 Å². The van der Waals surface area contributed by atoms with Gasteiger partial charge in [-0.3, -0.25) is 0 Å². The first kappa shape index (κ1) is 14.2. The summed E-state index contributed by atoms with van der Waals surface area (Å²) in [4.78, 5) is 0. The molecule has 1 saturated heterocycles. The average Bonchev–Trinajstić information content (AvgIpc) is 2.11. The molecule has 18 heavy (non-hydrogen) atoms. The van der Waals surface area contributed by atoms with E-state index in [1.165, 1.54) is 0 Å². The van der Waals surface area contributed by atoms with Gasteiger partial charge in [-0.25, -0.2) is 8.78 Å². The minimum absolute atomic E-state index is 0.0118. The van der Waals surface area contributed by atoms with Crippen molar-refractivity contribution in [3.63, 3.8) is 0 Å². The molecule has 2 nitrogen and oxygen atoms in total. The van der Waals surface area contributed by atoms with Crippen molar-refractivity contribution in [1.29, 1.82) is 0 Å². The fraction of sp³-hybridized carbons (Fsp3) is 1.00. The highest BCUT2D eigenvalue weighted by Crippen LogP contribution is 2.42. The van der Waals surface area contributed by atoms with Gasteiger partial charge in [0.25, 0.3) is 0 Å². The molecule has 0 radical (unpaired) electrons. The zero-order valence-corrected chi connectivity index (χ0v) is 11.3. The zero-order valence-electron chi connectivity index (χ0n) is 11.3. The molecule has 0 spiro atoms. The van der Waals surface area contributed by atoms with Crippen LogP contribution in [0.25, 0.3) is 0 Å². The van der Waals surface area contributed by atoms with Gasteiger partial charge in [0.1, 0.15) is 0 Å². The van der Waals surface area contributed by atoms with Crippen LogP contribution in [0.1, 0.15) is 58.8 Å². The van der Waals surface area contributed by atoms with Crippen LogP contribution in [0, 0.1) is 5.92 Å². The molecule has 2 rings (SSSR count). The van der Waals surface area contributed by atoms with Crippen molar-refractivity contribution in [1.82, 2.24) is 0 Å². The van der Waals surface area contributed by atoms with Gasteiger partial charge in [0, 0.05) is 25.7 Å². The molecular weight excluding hydrogens is 238 g/mol. The van der Waals surface area contributed by atoms with E-state index in [4.69, 9.17) is 4.74 Å². The largest absolute Gasteiger partial charge is 0.390 e. The van der Waals surface area contributed by atoms with Crippen molar-refractivity contribution in [3.8, 4) is 0 Å². The predicted octanol–water partition coefficient (Wildman–Crippen LogP) is 3.52. The molecule has 0 aromatic heterocycles. The second kappa shape index (κ2) is 5.04. The number of halogens is 2. The lowest BCUT2D eigenvalue weighted by molar-refractivity contribution is -0.146. The Balaban J connectivity index is 1.95. The Morgan fingerprint density at radius 2 is 1.78 bits per heavy atom. The lowest BCUT2D eigenvalue weighted by atomic mass is 9.75. The van der Waals surface area contributed by atoms with Crippen molar-refractivity contribution in [3.05, 3.63) is 0 Å². The van der Waals surface area contributed by atoms with Crippen LogP contribution in [0.4, 0.5) is 8.78 Å². The molecule has 1 N–H and O–H groups in total. The van der Waals surface area contributed by atoms with Crippen molar-refractivity contribution in [2.45, 2.75) is 82.5 Å². The Bertz CT molecular complexity index is 284. The van der Waals surface area contributed by atoms with Gasteiger partial charge >= 0.3 is 0 Å². The first-order valence-electron chi connectivity index (χ1n) is 7.04. The lowest BCUT2D eigenvalue weighted by Gasteiger charge is -2.42. The lowest BCUT2D eigenvalue weighted by Crippen LogP contribution is -2.45. The Morgan fingerprint density at radius 1 is 1.17 bits per heavy atom. The maximum absolute atomic E-state index is 13.4. The third kappa shape index (κ3) is 3.64. The van der Waals surface area contributed by atoms with Crippen LogP contribution in [-0.4, -0.2) is 28.8 Å². The van der Waals surface area contributed by atoms with Crippen LogP contribution >= 0.6 is 0 Å². The maximum Gasteiger partial charge on any atom is 0.248 e. The van der Waals surface area contributed by atoms with Crippen molar-refractivity contribution >= 4 is 0 Å². The zero-order chi connectivity index (χ0) is 13.4. The van der Waals surface area contributed by atoms with Gasteiger partial charge in [-0.15, -0.1) is 0 Å². The second-order valence-electron chi connectivity index (χ2n) is 6.41. The minimum Gasteiger partial charge on any atom is -0.390 e. The standard InChI is InChI=1S/C14H24F2O2/c1-10-6-13(17,7-11(2)18-10)8-12-4-3-5-14(15,16)9-12/h10-12,17H,3-9H2,1-2H3. The SMILES string of the molecule is CC1CC(O)(CC2CCCC(F)(F)C2)CC(C)O1. The van der Waals surface area contributed by atoms with Gasteiger partial charge in [0.2, 0.25) is 5.92 Å². The Hall–Kier alpha value is -0.220. The molecule has 0 amide bonds. The monoisotopic (exact) mass is 262 g/mol. The van der Waals surface area contributed by atoms with Crippen LogP contribution in [-0.2, 0) is 4.74 Å². The highest BCUT2D eigenvalue weighted by atomic mass is 19.3. The summed E-state index contributed by atoms with van der Waals surface area (Å²) in [7, 11) is 0. The number of aliphatic hydroxyl groups is 1. The topological polar surface area (TPSA) is 29.5 Å². The van der Waals surface area contributed by atoms with E-state index in [1.807, 2.05) is 13.8 Å². The van der Waals surface area contributed by atoms with E-state index in [1.54, 1.807) is 0 Å². The summed E-state index contributed by atoms with van der Waals surface area (Å²) in [5, 5.41) is 10.6.